The normalized spacial score (nSPS) is 16.5. The Morgan fingerprint density at radius 1 is 1.11 bits per heavy atom. The van der Waals surface area contributed by atoms with E-state index in [-0.39, 0.29) is 31.4 Å². The fraction of sp³-hybridized carbons (Fsp3) is 0.846. The SMILES string of the molecule is O=C(O)CCCC(=O)N(CCO)C1CCCCC1. The Balaban J connectivity index is 2.43. The summed E-state index contributed by atoms with van der Waals surface area (Å²) in [7, 11) is 0. The summed E-state index contributed by atoms with van der Waals surface area (Å²) in [4.78, 5) is 24.2. The summed E-state index contributed by atoms with van der Waals surface area (Å²) in [6, 6.07) is 0.239. The van der Waals surface area contributed by atoms with Crippen LogP contribution < -0.4 is 0 Å². The summed E-state index contributed by atoms with van der Waals surface area (Å²) in [6.45, 7) is 0.345. The zero-order valence-electron chi connectivity index (χ0n) is 10.8. The van der Waals surface area contributed by atoms with Gasteiger partial charge in [-0.3, -0.25) is 9.59 Å². The van der Waals surface area contributed by atoms with Crippen LogP contribution in [0.25, 0.3) is 0 Å². The molecule has 0 spiro atoms. The van der Waals surface area contributed by atoms with Gasteiger partial charge in [0.05, 0.1) is 6.61 Å². The summed E-state index contributed by atoms with van der Waals surface area (Å²) >= 11 is 0. The molecule has 0 aromatic carbocycles. The molecule has 5 nitrogen and oxygen atoms in total. The van der Waals surface area contributed by atoms with Gasteiger partial charge < -0.3 is 15.1 Å². The highest BCUT2D eigenvalue weighted by molar-refractivity contribution is 5.77. The molecule has 0 heterocycles. The predicted octanol–water partition coefficient (Wildman–Crippen LogP) is 1.39. The van der Waals surface area contributed by atoms with Crippen molar-refractivity contribution < 1.29 is 19.8 Å². The maximum atomic E-state index is 12.0. The number of carboxylic acids is 1. The molecule has 0 unspecified atom stereocenters. The molecule has 0 aromatic heterocycles. The summed E-state index contributed by atoms with van der Waals surface area (Å²) in [5.74, 6) is -0.883. The molecule has 0 radical (unpaired) electrons. The highest BCUT2D eigenvalue weighted by Crippen LogP contribution is 2.23. The van der Waals surface area contributed by atoms with Crippen molar-refractivity contribution in [3.05, 3.63) is 0 Å². The number of hydrogen-bond acceptors (Lipinski definition) is 3. The van der Waals surface area contributed by atoms with Gasteiger partial charge in [-0.05, 0) is 19.3 Å². The van der Waals surface area contributed by atoms with Crippen molar-refractivity contribution in [3.8, 4) is 0 Å². The van der Waals surface area contributed by atoms with E-state index in [2.05, 4.69) is 0 Å². The lowest BCUT2D eigenvalue weighted by Gasteiger charge is -2.34. The second-order valence-electron chi connectivity index (χ2n) is 4.85. The van der Waals surface area contributed by atoms with Crippen molar-refractivity contribution in [2.45, 2.75) is 57.4 Å². The fourth-order valence-corrected chi connectivity index (χ4v) is 2.55. The Bertz CT molecular complexity index is 274. The zero-order chi connectivity index (χ0) is 13.4. The first-order valence-corrected chi connectivity index (χ1v) is 6.77. The third kappa shape index (κ3) is 5.04. The van der Waals surface area contributed by atoms with Crippen molar-refractivity contribution in [2.75, 3.05) is 13.2 Å². The van der Waals surface area contributed by atoms with Crippen LogP contribution in [0, 0.1) is 0 Å². The smallest absolute Gasteiger partial charge is 0.303 e. The van der Waals surface area contributed by atoms with Gasteiger partial charge in [0.1, 0.15) is 0 Å². The lowest BCUT2D eigenvalue weighted by molar-refractivity contribution is -0.137. The molecule has 1 aliphatic carbocycles. The molecule has 1 fully saturated rings. The van der Waals surface area contributed by atoms with E-state index in [9.17, 15) is 9.59 Å². The molecule has 0 aromatic rings. The van der Waals surface area contributed by atoms with E-state index in [1.54, 1.807) is 4.90 Å². The van der Waals surface area contributed by atoms with Gasteiger partial charge in [0, 0.05) is 25.4 Å². The van der Waals surface area contributed by atoms with Crippen LogP contribution in [0.3, 0.4) is 0 Å². The van der Waals surface area contributed by atoms with E-state index in [4.69, 9.17) is 10.2 Å². The number of carbonyl (C=O) groups excluding carboxylic acids is 1. The molecular weight excluding hydrogens is 234 g/mol. The Kier molecular flexibility index (Phi) is 6.72. The second-order valence-corrected chi connectivity index (χ2v) is 4.85. The molecule has 2 N–H and O–H groups in total. The van der Waals surface area contributed by atoms with Crippen molar-refractivity contribution in [2.24, 2.45) is 0 Å². The van der Waals surface area contributed by atoms with Gasteiger partial charge in [-0.25, -0.2) is 0 Å². The molecule has 0 saturated heterocycles. The van der Waals surface area contributed by atoms with Gasteiger partial charge >= 0.3 is 5.97 Å². The molecular formula is C13H23NO4. The largest absolute Gasteiger partial charge is 0.481 e. The van der Waals surface area contributed by atoms with Gasteiger partial charge in [0.2, 0.25) is 5.91 Å². The quantitative estimate of drug-likeness (QED) is 0.722. The summed E-state index contributed by atoms with van der Waals surface area (Å²) in [5, 5.41) is 17.6. The van der Waals surface area contributed by atoms with Crippen molar-refractivity contribution in [3.63, 3.8) is 0 Å². The van der Waals surface area contributed by atoms with Crippen LogP contribution in [-0.2, 0) is 9.59 Å². The number of nitrogens with zero attached hydrogens (tertiary/aromatic N) is 1. The number of rotatable bonds is 7. The van der Waals surface area contributed by atoms with Crippen molar-refractivity contribution >= 4 is 11.9 Å². The minimum absolute atomic E-state index is 0.0165. The highest BCUT2D eigenvalue weighted by Gasteiger charge is 2.24. The molecule has 1 amide bonds. The summed E-state index contributed by atoms with van der Waals surface area (Å²) < 4.78 is 0. The second kappa shape index (κ2) is 8.08. The van der Waals surface area contributed by atoms with Crippen LogP contribution in [0.5, 0.6) is 0 Å². The molecule has 104 valence electrons. The third-order valence-electron chi connectivity index (χ3n) is 3.46. The number of carboxylic acid groups (broad SMARTS) is 1. The Hall–Kier alpha value is -1.10. The maximum absolute atomic E-state index is 12.0. The minimum atomic E-state index is -0.867. The number of aliphatic hydroxyl groups is 1. The molecule has 0 aliphatic heterocycles. The van der Waals surface area contributed by atoms with Crippen LogP contribution in [0.2, 0.25) is 0 Å². The Morgan fingerprint density at radius 2 is 1.78 bits per heavy atom. The minimum Gasteiger partial charge on any atom is -0.481 e. The van der Waals surface area contributed by atoms with E-state index in [1.807, 2.05) is 0 Å². The van der Waals surface area contributed by atoms with E-state index in [0.29, 0.717) is 13.0 Å². The molecule has 0 bridgehead atoms. The van der Waals surface area contributed by atoms with Gasteiger partial charge in [-0.1, -0.05) is 19.3 Å². The molecule has 1 aliphatic rings. The monoisotopic (exact) mass is 257 g/mol. The van der Waals surface area contributed by atoms with Gasteiger partial charge in [0.25, 0.3) is 0 Å². The lowest BCUT2D eigenvalue weighted by Crippen LogP contribution is -2.43. The van der Waals surface area contributed by atoms with Crippen molar-refractivity contribution in [1.82, 2.24) is 4.90 Å². The van der Waals surface area contributed by atoms with Gasteiger partial charge in [0.15, 0.2) is 0 Å². The molecule has 5 heteroatoms. The molecule has 1 rings (SSSR count). The van der Waals surface area contributed by atoms with Crippen LogP contribution >= 0.6 is 0 Å². The average molecular weight is 257 g/mol. The number of amides is 1. The predicted molar refractivity (Wildman–Crippen MR) is 67.2 cm³/mol. The average Bonchev–Trinajstić information content (AvgIpc) is 2.36. The fourth-order valence-electron chi connectivity index (χ4n) is 2.55. The Labute approximate surface area is 108 Å². The Morgan fingerprint density at radius 3 is 2.33 bits per heavy atom. The van der Waals surface area contributed by atoms with E-state index in [0.717, 1.165) is 25.7 Å². The van der Waals surface area contributed by atoms with Crippen LogP contribution in [0.15, 0.2) is 0 Å². The molecule has 1 saturated carbocycles. The first-order chi connectivity index (χ1) is 8.65. The van der Waals surface area contributed by atoms with Crippen LogP contribution in [-0.4, -0.2) is 46.2 Å². The lowest BCUT2D eigenvalue weighted by atomic mass is 9.94. The standard InChI is InChI=1S/C13H23NO4/c15-10-9-14(11-5-2-1-3-6-11)12(16)7-4-8-13(17)18/h11,15H,1-10H2,(H,17,18). The zero-order valence-corrected chi connectivity index (χ0v) is 10.8. The summed E-state index contributed by atoms with van der Waals surface area (Å²) in [6.07, 6.45) is 6.17. The van der Waals surface area contributed by atoms with E-state index in [1.165, 1.54) is 6.42 Å². The van der Waals surface area contributed by atoms with Gasteiger partial charge in [-0.15, -0.1) is 0 Å². The maximum Gasteiger partial charge on any atom is 0.303 e. The first-order valence-electron chi connectivity index (χ1n) is 6.77. The number of aliphatic carboxylic acids is 1. The van der Waals surface area contributed by atoms with Crippen LogP contribution in [0.1, 0.15) is 51.4 Å². The third-order valence-corrected chi connectivity index (χ3v) is 3.46. The van der Waals surface area contributed by atoms with Crippen LogP contribution in [0.4, 0.5) is 0 Å². The van der Waals surface area contributed by atoms with Crippen molar-refractivity contribution in [1.29, 1.82) is 0 Å². The molecule has 0 atom stereocenters. The summed E-state index contributed by atoms with van der Waals surface area (Å²) in [5.41, 5.74) is 0. The number of aliphatic hydroxyl groups excluding tert-OH is 1. The number of carbonyl (C=O) groups is 2. The topological polar surface area (TPSA) is 77.8 Å². The number of hydrogen-bond donors (Lipinski definition) is 2. The molecule has 18 heavy (non-hydrogen) atoms. The first kappa shape index (κ1) is 15.0. The highest BCUT2D eigenvalue weighted by atomic mass is 16.4. The van der Waals surface area contributed by atoms with E-state index >= 15 is 0 Å². The van der Waals surface area contributed by atoms with E-state index < -0.39 is 5.97 Å². The van der Waals surface area contributed by atoms with Gasteiger partial charge in [-0.2, -0.15) is 0 Å².